The maximum absolute atomic E-state index is 13.2. The van der Waals surface area contributed by atoms with Gasteiger partial charge in [0.1, 0.15) is 0 Å². The van der Waals surface area contributed by atoms with Gasteiger partial charge in [0.2, 0.25) is 0 Å². The van der Waals surface area contributed by atoms with Gasteiger partial charge in [-0.3, -0.25) is 4.79 Å². The van der Waals surface area contributed by atoms with Gasteiger partial charge in [0.05, 0.1) is 0 Å². The Labute approximate surface area is 202 Å². The second-order valence-corrected chi connectivity index (χ2v) is 11.2. The number of benzene rings is 4. The van der Waals surface area contributed by atoms with Gasteiger partial charge in [0.25, 0.3) is 0 Å². The van der Waals surface area contributed by atoms with Crippen LogP contribution in [0.15, 0.2) is 72.8 Å². The van der Waals surface area contributed by atoms with Gasteiger partial charge in [-0.1, -0.05) is 99.5 Å². The van der Waals surface area contributed by atoms with Crippen molar-refractivity contribution in [1.82, 2.24) is 0 Å². The van der Waals surface area contributed by atoms with Crippen LogP contribution in [0.2, 0.25) is 0 Å². The predicted octanol–water partition coefficient (Wildman–Crippen LogP) is 8.15. The van der Waals surface area contributed by atoms with Crippen LogP contribution in [0.1, 0.15) is 77.0 Å². The Kier molecular flexibility index (Phi) is 4.22. The Balaban J connectivity index is 1.44. The average Bonchev–Trinajstić information content (AvgIpc) is 3.21. The summed E-state index contributed by atoms with van der Waals surface area (Å²) in [4.78, 5) is 13.2. The third-order valence-corrected chi connectivity index (χ3v) is 8.25. The molecule has 1 heteroatoms. The summed E-state index contributed by atoms with van der Waals surface area (Å²) in [5.41, 5.74) is 13.9. The van der Waals surface area contributed by atoms with Crippen LogP contribution in [-0.4, -0.2) is 5.78 Å². The molecule has 0 aromatic heterocycles. The normalized spacial score (nSPS) is 15.1. The summed E-state index contributed by atoms with van der Waals surface area (Å²) in [6.07, 6.45) is 0. The molecule has 0 N–H and O–H groups in total. The summed E-state index contributed by atoms with van der Waals surface area (Å²) in [5.74, 6) is 0.146. The summed E-state index contributed by atoms with van der Waals surface area (Å²) in [6.45, 7) is 13.4. The highest BCUT2D eigenvalue weighted by atomic mass is 16.1. The first-order valence-corrected chi connectivity index (χ1v) is 12.2. The van der Waals surface area contributed by atoms with E-state index < -0.39 is 0 Å². The fourth-order valence-corrected chi connectivity index (χ4v) is 5.99. The number of aryl methyl sites for hydroxylation is 2. The van der Waals surface area contributed by atoms with Crippen molar-refractivity contribution in [3.8, 4) is 22.3 Å². The fourth-order valence-electron chi connectivity index (χ4n) is 5.99. The van der Waals surface area contributed by atoms with E-state index >= 15 is 0 Å². The zero-order chi connectivity index (χ0) is 24.0. The van der Waals surface area contributed by atoms with Crippen LogP contribution in [0.3, 0.4) is 0 Å². The van der Waals surface area contributed by atoms with Crippen LogP contribution in [0.5, 0.6) is 0 Å². The summed E-state index contributed by atoms with van der Waals surface area (Å²) in [6, 6.07) is 26.5. The van der Waals surface area contributed by atoms with E-state index in [1.807, 2.05) is 13.0 Å². The number of ketones is 1. The van der Waals surface area contributed by atoms with Gasteiger partial charge in [0, 0.05) is 22.0 Å². The molecule has 0 spiro atoms. The Hall–Kier alpha value is -3.45. The first-order chi connectivity index (χ1) is 16.1. The molecule has 6 rings (SSSR count). The lowest BCUT2D eigenvalue weighted by Gasteiger charge is -2.29. The molecule has 2 aliphatic carbocycles. The number of carbonyl (C=O) groups is 1. The number of fused-ring (bicyclic) bond motifs is 6. The summed E-state index contributed by atoms with van der Waals surface area (Å²) in [5, 5.41) is 0. The van der Waals surface area contributed by atoms with Crippen LogP contribution in [0.4, 0.5) is 0 Å². The first-order valence-electron chi connectivity index (χ1n) is 12.2. The molecular formula is C33H30O. The van der Waals surface area contributed by atoms with Gasteiger partial charge in [-0.15, -0.1) is 0 Å². The lowest BCUT2D eigenvalue weighted by molar-refractivity contribution is 0.104. The van der Waals surface area contributed by atoms with Gasteiger partial charge in [-0.05, 0) is 70.5 Å². The monoisotopic (exact) mass is 442 g/mol. The molecule has 0 atom stereocenters. The predicted molar refractivity (Wildman–Crippen MR) is 141 cm³/mol. The van der Waals surface area contributed by atoms with Crippen molar-refractivity contribution < 1.29 is 4.79 Å². The third kappa shape index (κ3) is 2.76. The SMILES string of the molecule is Cc1ccc2c(c1)C(=O)c1cc(C(C)(C)c3ccc4c(c3)C(C)(C)c3cc(C)ccc3-4)ccc1-2. The smallest absolute Gasteiger partial charge is 0.194 e. The molecule has 0 fully saturated rings. The molecule has 34 heavy (non-hydrogen) atoms. The van der Waals surface area contributed by atoms with Crippen LogP contribution in [0, 0.1) is 13.8 Å². The molecule has 168 valence electrons. The molecule has 0 saturated carbocycles. The minimum absolute atomic E-state index is 0.0316. The minimum Gasteiger partial charge on any atom is -0.289 e. The van der Waals surface area contributed by atoms with Crippen molar-refractivity contribution in [2.75, 3.05) is 0 Å². The molecule has 0 unspecified atom stereocenters. The van der Waals surface area contributed by atoms with E-state index in [2.05, 4.69) is 101 Å². The third-order valence-electron chi connectivity index (χ3n) is 8.25. The standard InChI is InChI=1S/C33H30O/c1-19-7-11-23-24-13-9-21(17-28(24)31(34)27(23)15-19)32(3,4)22-10-14-26-25-12-8-20(2)16-29(25)33(5,6)30(26)18-22/h7-18H,1-6H3. The van der Waals surface area contributed by atoms with Crippen molar-refractivity contribution >= 4 is 5.78 Å². The van der Waals surface area contributed by atoms with Gasteiger partial charge in [0.15, 0.2) is 5.78 Å². The fraction of sp³-hybridized carbons (Fsp3) is 0.242. The van der Waals surface area contributed by atoms with E-state index in [4.69, 9.17) is 0 Å². The van der Waals surface area contributed by atoms with E-state index in [9.17, 15) is 4.79 Å². The van der Waals surface area contributed by atoms with Crippen LogP contribution in [-0.2, 0) is 10.8 Å². The van der Waals surface area contributed by atoms with E-state index in [1.54, 1.807) is 0 Å². The van der Waals surface area contributed by atoms with Gasteiger partial charge >= 0.3 is 0 Å². The number of hydrogen-bond donors (Lipinski definition) is 0. The van der Waals surface area contributed by atoms with Crippen LogP contribution in [0.25, 0.3) is 22.3 Å². The molecule has 2 aliphatic rings. The number of hydrogen-bond acceptors (Lipinski definition) is 1. The van der Waals surface area contributed by atoms with E-state index in [0.717, 1.165) is 27.8 Å². The maximum atomic E-state index is 13.2. The highest BCUT2D eigenvalue weighted by Gasteiger charge is 2.37. The van der Waals surface area contributed by atoms with Crippen molar-refractivity contribution in [3.05, 3.63) is 117 Å². The first kappa shape index (κ1) is 21.1. The van der Waals surface area contributed by atoms with Crippen LogP contribution < -0.4 is 0 Å². The highest BCUT2D eigenvalue weighted by molar-refractivity contribution is 6.21. The topological polar surface area (TPSA) is 17.1 Å². The summed E-state index contributed by atoms with van der Waals surface area (Å²) in [7, 11) is 0. The van der Waals surface area contributed by atoms with Crippen molar-refractivity contribution in [3.63, 3.8) is 0 Å². The zero-order valence-electron chi connectivity index (χ0n) is 20.8. The average molecular weight is 443 g/mol. The second kappa shape index (κ2) is 6.79. The Morgan fingerprint density at radius 2 is 1.03 bits per heavy atom. The van der Waals surface area contributed by atoms with Gasteiger partial charge in [-0.25, -0.2) is 0 Å². The van der Waals surface area contributed by atoms with Gasteiger partial charge < -0.3 is 0 Å². The van der Waals surface area contributed by atoms with Crippen LogP contribution >= 0.6 is 0 Å². The molecular weight excluding hydrogens is 412 g/mol. The minimum atomic E-state index is -0.226. The Morgan fingerprint density at radius 1 is 0.559 bits per heavy atom. The maximum Gasteiger partial charge on any atom is 0.194 e. The van der Waals surface area contributed by atoms with Crippen molar-refractivity contribution in [2.24, 2.45) is 0 Å². The quantitative estimate of drug-likeness (QED) is 0.270. The summed E-state index contributed by atoms with van der Waals surface area (Å²) >= 11 is 0. The lowest BCUT2D eigenvalue weighted by Crippen LogP contribution is -2.21. The van der Waals surface area contributed by atoms with Crippen molar-refractivity contribution in [1.29, 1.82) is 0 Å². The summed E-state index contributed by atoms with van der Waals surface area (Å²) < 4.78 is 0. The number of carbonyl (C=O) groups excluding carboxylic acids is 1. The number of rotatable bonds is 2. The molecule has 0 aliphatic heterocycles. The molecule has 1 nitrogen and oxygen atoms in total. The van der Waals surface area contributed by atoms with E-state index in [-0.39, 0.29) is 16.6 Å². The molecule has 0 heterocycles. The Morgan fingerprint density at radius 3 is 1.71 bits per heavy atom. The Bertz CT molecular complexity index is 1530. The second-order valence-electron chi connectivity index (χ2n) is 11.2. The van der Waals surface area contributed by atoms with E-state index in [0.29, 0.717) is 0 Å². The van der Waals surface area contributed by atoms with Gasteiger partial charge in [-0.2, -0.15) is 0 Å². The molecule has 0 amide bonds. The highest BCUT2D eigenvalue weighted by Crippen LogP contribution is 2.50. The molecule has 0 bridgehead atoms. The molecule has 4 aromatic carbocycles. The molecule has 0 radical (unpaired) electrons. The lowest BCUT2D eigenvalue weighted by atomic mass is 9.74. The van der Waals surface area contributed by atoms with Crippen molar-refractivity contribution in [2.45, 2.75) is 52.4 Å². The molecule has 4 aromatic rings. The zero-order valence-corrected chi connectivity index (χ0v) is 20.8. The molecule has 0 saturated heterocycles. The van der Waals surface area contributed by atoms with E-state index in [1.165, 1.54) is 38.9 Å². The largest absolute Gasteiger partial charge is 0.289 e.